The first kappa shape index (κ1) is 28.1. The Hall–Kier alpha value is -3.90. The third kappa shape index (κ3) is 5.21. The van der Waals surface area contributed by atoms with E-state index in [1.165, 1.54) is 26.4 Å². The van der Waals surface area contributed by atoms with Gasteiger partial charge in [-0.1, -0.05) is 30.4 Å². The molecular weight excluding hydrogens is 592 g/mol. The van der Waals surface area contributed by atoms with E-state index in [2.05, 4.69) is 20.9 Å². The molecule has 0 saturated carbocycles. The summed E-state index contributed by atoms with van der Waals surface area (Å²) in [5.41, 5.74) is 0.706. The summed E-state index contributed by atoms with van der Waals surface area (Å²) in [6.07, 6.45) is 0.777. The molecule has 39 heavy (non-hydrogen) atoms. The third-order valence-corrected chi connectivity index (χ3v) is 7.71. The van der Waals surface area contributed by atoms with Gasteiger partial charge in [0.1, 0.15) is 16.4 Å². The van der Waals surface area contributed by atoms with Crippen molar-refractivity contribution in [1.82, 2.24) is 4.98 Å². The molecule has 1 aliphatic rings. The van der Waals surface area contributed by atoms with Crippen LogP contribution >= 0.6 is 27.3 Å². The number of aryl methyl sites for hydroxylation is 1. The molecule has 1 unspecified atom stereocenters. The average Bonchev–Trinajstić information content (AvgIpc) is 3.44. The van der Waals surface area contributed by atoms with Crippen LogP contribution in [-0.4, -0.2) is 53.7 Å². The fourth-order valence-electron chi connectivity index (χ4n) is 4.13. The van der Waals surface area contributed by atoms with Crippen LogP contribution in [0.2, 0.25) is 0 Å². The van der Waals surface area contributed by atoms with Crippen LogP contribution in [0.5, 0.6) is 17.2 Å². The minimum absolute atomic E-state index is 0.0576. The SMILES string of the molecule is CCCOc1cccc(/C(O)=C2\C(=O)C(=O)N(c3nc(C)c(C(=O)OC)s3)C2c2cc(Br)c(O)c(OC)c2)c1. The number of esters is 1. The Morgan fingerprint density at radius 3 is 2.62 bits per heavy atom. The lowest BCUT2D eigenvalue weighted by Crippen LogP contribution is -2.29. The Bertz CT molecular complexity index is 1500. The molecular formula is C27H25BrN2O8S. The smallest absolute Gasteiger partial charge is 0.350 e. The molecule has 2 N–H and O–H groups in total. The number of carbonyl (C=O) groups excluding carboxylic acids is 3. The second kappa shape index (κ2) is 11.5. The topological polar surface area (TPSA) is 135 Å². The van der Waals surface area contributed by atoms with Crippen molar-refractivity contribution in [2.75, 3.05) is 25.7 Å². The van der Waals surface area contributed by atoms with Crippen molar-refractivity contribution in [2.45, 2.75) is 26.3 Å². The number of halogens is 1. The molecule has 0 bridgehead atoms. The first-order valence-corrected chi connectivity index (χ1v) is 13.4. The molecule has 204 valence electrons. The lowest BCUT2D eigenvalue weighted by atomic mass is 9.95. The molecule has 4 rings (SSSR count). The van der Waals surface area contributed by atoms with Crippen LogP contribution < -0.4 is 14.4 Å². The molecule has 2 aromatic carbocycles. The maximum atomic E-state index is 13.5. The molecule has 1 saturated heterocycles. The Morgan fingerprint density at radius 2 is 1.95 bits per heavy atom. The molecule has 1 amide bonds. The Labute approximate surface area is 236 Å². The number of Topliss-reactive ketones (excluding diaryl/α,β-unsaturated/α-hetero) is 1. The van der Waals surface area contributed by atoms with Crippen LogP contribution in [0.15, 0.2) is 46.4 Å². The standard InChI is InChI=1S/C27H25BrN2O8S/c1-5-9-38-16-8-6-7-14(10-16)21(31)19-20(15-11-17(28)22(32)18(12-15)36-3)30(25(34)23(19)33)27-29-13(2)24(39-27)26(35)37-4/h6-8,10-12,20,31-32H,5,9H2,1-4H3/b21-19+. The number of hydrogen-bond acceptors (Lipinski definition) is 10. The molecule has 10 nitrogen and oxygen atoms in total. The van der Waals surface area contributed by atoms with Gasteiger partial charge in [0, 0.05) is 5.56 Å². The van der Waals surface area contributed by atoms with Gasteiger partial charge in [-0.25, -0.2) is 9.78 Å². The highest BCUT2D eigenvalue weighted by Gasteiger charge is 2.49. The lowest BCUT2D eigenvalue weighted by molar-refractivity contribution is -0.132. The monoisotopic (exact) mass is 616 g/mol. The van der Waals surface area contributed by atoms with E-state index >= 15 is 0 Å². The van der Waals surface area contributed by atoms with Crippen molar-refractivity contribution >= 4 is 55.8 Å². The normalized spacial score (nSPS) is 16.4. The molecule has 2 heterocycles. The summed E-state index contributed by atoms with van der Waals surface area (Å²) in [4.78, 5) is 44.9. The second-order valence-electron chi connectivity index (χ2n) is 8.50. The number of aliphatic hydroxyl groups is 1. The summed E-state index contributed by atoms with van der Waals surface area (Å²) in [6.45, 7) is 4.00. The van der Waals surface area contributed by atoms with Crippen molar-refractivity contribution < 1.29 is 38.8 Å². The van der Waals surface area contributed by atoms with E-state index in [-0.39, 0.29) is 37.1 Å². The minimum Gasteiger partial charge on any atom is -0.507 e. The van der Waals surface area contributed by atoms with Crippen LogP contribution in [0.1, 0.15) is 45.9 Å². The summed E-state index contributed by atoms with van der Waals surface area (Å²) in [6, 6.07) is 8.35. The van der Waals surface area contributed by atoms with Crippen molar-refractivity contribution in [2.24, 2.45) is 0 Å². The van der Waals surface area contributed by atoms with E-state index in [0.717, 1.165) is 22.7 Å². The molecule has 1 aromatic heterocycles. The number of ketones is 1. The Morgan fingerprint density at radius 1 is 1.21 bits per heavy atom. The number of carbonyl (C=O) groups is 3. The number of thiazole rings is 1. The van der Waals surface area contributed by atoms with Gasteiger partial charge in [0.2, 0.25) is 0 Å². The molecule has 0 aliphatic carbocycles. The predicted molar refractivity (Wildman–Crippen MR) is 148 cm³/mol. The summed E-state index contributed by atoms with van der Waals surface area (Å²) in [7, 11) is 2.59. The highest BCUT2D eigenvalue weighted by atomic mass is 79.9. The van der Waals surface area contributed by atoms with E-state index in [4.69, 9.17) is 14.2 Å². The largest absolute Gasteiger partial charge is 0.507 e. The van der Waals surface area contributed by atoms with Crippen LogP contribution in [0.4, 0.5) is 5.13 Å². The van der Waals surface area contributed by atoms with Gasteiger partial charge in [0.25, 0.3) is 5.78 Å². The van der Waals surface area contributed by atoms with Crippen LogP contribution in [-0.2, 0) is 14.3 Å². The summed E-state index contributed by atoms with van der Waals surface area (Å²) in [5.74, 6) is -2.59. The molecule has 0 radical (unpaired) electrons. The van der Waals surface area contributed by atoms with E-state index in [1.54, 1.807) is 31.2 Å². The first-order chi connectivity index (χ1) is 18.6. The number of rotatable bonds is 8. The number of amides is 1. The highest BCUT2D eigenvalue weighted by Crippen LogP contribution is 2.47. The van der Waals surface area contributed by atoms with Gasteiger partial charge in [0.15, 0.2) is 16.6 Å². The summed E-state index contributed by atoms with van der Waals surface area (Å²) >= 11 is 4.17. The zero-order valence-corrected chi connectivity index (χ0v) is 23.9. The second-order valence-corrected chi connectivity index (χ2v) is 10.3. The van der Waals surface area contributed by atoms with E-state index in [1.807, 2.05) is 6.92 Å². The number of aromatic hydroxyl groups is 1. The van der Waals surface area contributed by atoms with Gasteiger partial charge in [-0.3, -0.25) is 14.5 Å². The summed E-state index contributed by atoms with van der Waals surface area (Å²) in [5, 5.41) is 21.9. The molecule has 3 aromatic rings. The number of benzene rings is 2. The quantitative estimate of drug-likeness (QED) is 0.153. The van der Waals surface area contributed by atoms with E-state index in [0.29, 0.717) is 23.6 Å². The molecule has 0 spiro atoms. The van der Waals surface area contributed by atoms with E-state index < -0.39 is 29.5 Å². The number of phenolic OH excluding ortho intramolecular Hbond substituents is 1. The first-order valence-electron chi connectivity index (χ1n) is 11.8. The fourth-order valence-corrected chi connectivity index (χ4v) is 5.60. The zero-order chi connectivity index (χ0) is 28.4. The average molecular weight is 617 g/mol. The van der Waals surface area contributed by atoms with Gasteiger partial charge in [-0.05, 0) is 59.1 Å². The molecule has 1 aliphatic heterocycles. The number of anilines is 1. The van der Waals surface area contributed by atoms with Crippen molar-refractivity contribution in [3.05, 3.63) is 68.1 Å². The Balaban J connectivity index is 1.96. The van der Waals surface area contributed by atoms with Crippen LogP contribution in [0.3, 0.4) is 0 Å². The summed E-state index contributed by atoms with van der Waals surface area (Å²) < 4.78 is 16.0. The lowest BCUT2D eigenvalue weighted by Gasteiger charge is -2.24. The molecule has 12 heteroatoms. The Kier molecular flexibility index (Phi) is 8.26. The van der Waals surface area contributed by atoms with Gasteiger partial charge < -0.3 is 24.4 Å². The third-order valence-electron chi connectivity index (χ3n) is 5.97. The number of aliphatic hydroxyl groups excluding tert-OH is 1. The van der Waals surface area contributed by atoms with Crippen LogP contribution in [0, 0.1) is 6.92 Å². The van der Waals surface area contributed by atoms with Crippen molar-refractivity contribution in [3.8, 4) is 17.2 Å². The minimum atomic E-state index is -1.17. The zero-order valence-electron chi connectivity index (χ0n) is 21.5. The van der Waals surface area contributed by atoms with Gasteiger partial charge in [-0.2, -0.15) is 0 Å². The molecule has 1 atom stereocenters. The van der Waals surface area contributed by atoms with E-state index in [9.17, 15) is 24.6 Å². The van der Waals surface area contributed by atoms with Gasteiger partial charge in [0.05, 0.1) is 42.6 Å². The van der Waals surface area contributed by atoms with Crippen molar-refractivity contribution in [3.63, 3.8) is 0 Å². The predicted octanol–water partition coefficient (Wildman–Crippen LogP) is 5.13. The number of methoxy groups -OCH3 is 2. The fraction of sp³-hybridized carbons (Fsp3) is 0.259. The number of aromatic nitrogens is 1. The highest BCUT2D eigenvalue weighted by molar-refractivity contribution is 9.10. The number of hydrogen-bond donors (Lipinski definition) is 2. The maximum Gasteiger partial charge on any atom is 0.350 e. The number of nitrogens with zero attached hydrogens (tertiary/aromatic N) is 2. The molecule has 1 fully saturated rings. The van der Waals surface area contributed by atoms with Crippen LogP contribution in [0.25, 0.3) is 5.76 Å². The number of ether oxygens (including phenoxy) is 3. The number of phenols is 1. The van der Waals surface area contributed by atoms with Crippen molar-refractivity contribution in [1.29, 1.82) is 0 Å². The van der Waals surface area contributed by atoms with Gasteiger partial charge in [-0.15, -0.1) is 0 Å². The maximum absolute atomic E-state index is 13.5. The van der Waals surface area contributed by atoms with Gasteiger partial charge >= 0.3 is 11.9 Å².